The van der Waals surface area contributed by atoms with Crippen LogP contribution in [-0.2, 0) is 11.8 Å². The lowest BCUT2D eigenvalue weighted by atomic mass is 10.1. The van der Waals surface area contributed by atoms with E-state index < -0.39 is 5.97 Å². The summed E-state index contributed by atoms with van der Waals surface area (Å²) in [6.45, 7) is 2.23. The second kappa shape index (κ2) is 4.72. The van der Waals surface area contributed by atoms with Crippen molar-refractivity contribution in [3.05, 3.63) is 30.5 Å². The highest BCUT2D eigenvalue weighted by Crippen LogP contribution is 2.28. The van der Waals surface area contributed by atoms with Crippen LogP contribution in [0.25, 0.3) is 10.9 Å². The van der Waals surface area contributed by atoms with Gasteiger partial charge in [-0.1, -0.05) is 25.1 Å². The van der Waals surface area contributed by atoms with Crippen molar-refractivity contribution >= 4 is 22.6 Å². The number of carboxylic acid groups (broad SMARTS) is 1. The van der Waals surface area contributed by atoms with Crippen LogP contribution in [0.15, 0.2) is 30.5 Å². The summed E-state index contributed by atoms with van der Waals surface area (Å²) in [6, 6.07) is 8.13. The molecule has 1 unspecified atom stereocenters. The number of fused-ring (bicyclic) bond motifs is 1. The highest BCUT2D eigenvalue weighted by Gasteiger charge is 2.16. The zero-order valence-electron chi connectivity index (χ0n) is 10.9. The molecule has 2 aromatic rings. The van der Waals surface area contributed by atoms with Crippen molar-refractivity contribution in [2.75, 3.05) is 18.5 Å². The van der Waals surface area contributed by atoms with E-state index in [2.05, 4.69) is 16.7 Å². The standard InChI is InChI=1S/C14H18N2O2/c1-10(14(17)18)8-15(2)13-9-16(3)12-7-5-4-6-11(12)13/h4-7,9-10H,8H2,1-3H3,(H,17,18). The predicted molar refractivity (Wildman–Crippen MR) is 73.0 cm³/mol. The third kappa shape index (κ3) is 2.18. The second-order valence-electron chi connectivity index (χ2n) is 4.76. The Morgan fingerprint density at radius 3 is 2.78 bits per heavy atom. The summed E-state index contributed by atoms with van der Waals surface area (Å²) in [4.78, 5) is 12.9. The smallest absolute Gasteiger partial charge is 0.308 e. The van der Waals surface area contributed by atoms with E-state index in [9.17, 15) is 4.79 Å². The molecular formula is C14H18N2O2. The van der Waals surface area contributed by atoms with Crippen molar-refractivity contribution in [2.45, 2.75) is 6.92 Å². The van der Waals surface area contributed by atoms with Crippen molar-refractivity contribution in [3.8, 4) is 0 Å². The monoisotopic (exact) mass is 246 g/mol. The minimum absolute atomic E-state index is 0.381. The average molecular weight is 246 g/mol. The van der Waals surface area contributed by atoms with Gasteiger partial charge in [0.1, 0.15) is 0 Å². The zero-order chi connectivity index (χ0) is 13.3. The molecule has 1 N–H and O–H groups in total. The normalized spacial score (nSPS) is 12.6. The Balaban J connectivity index is 2.33. The second-order valence-corrected chi connectivity index (χ2v) is 4.76. The van der Waals surface area contributed by atoms with Gasteiger partial charge in [0.25, 0.3) is 0 Å². The Bertz CT molecular complexity index is 574. The molecule has 0 saturated carbocycles. The largest absolute Gasteiger partial charge is 0.481 e. The van der Waals surface area contributed by atoms with E-state index in [1.54, 1.807) is 6.92 Å². The van der Waals surface area contributed by atoms with E-state index in [1.807, 2.05) is 37.3 Å². The van der Waals surface area contributed by atoms with Gasteiger partial charge in [-0.2, -0.15) is 0 Å². The van der Waals surface area contributed by atoms with Crippen molar-refractivity contribution in [3.63, 3.8) is 0 Å². The summed E-state index contributed by atoms with van der Waals surface area (Å²) in [5.41, 5.74) is 2.23. The SMILES string of the molecule is CC(CN(C)c1cn(C)c2ccccc12)C(=O)O. The van der Waals surface area contributed by atoms with Gasteiger partial charge in [-0.25, -0.2) is 0 Å². The number of carbonyl (C=O) groups is 1. The Morgan fingerprint density at radius 1 is 1.44 bits per heavy atom. The van der Waals surface area contributed by atoms with E-state index in [0.717, 1.165) is 16.6 Å². The number of hydrogen-bond donors (Lipinski definition) is 1. The maximum absolute atomic E-state index is 10.9. The number of aliphatic carboxylic acids is 1. The van der Waals surface area contributed by atoms with Crippen LogP contribution < -0.4 is 4.90 Å². The van der Waals surface area contributed by atoms with Crippen LogP contribution in [0.5, 0.6) is 0 Å². The van der Waals surface area contributed by atoms with Crippen LogP contribution in [0.2, 0.25) is 0 Å². The molecule has 2 rings (SSSR count). The number of hydrogen-bond acceptors (Lipinski definition) is 2. The molecule has 0 radical (unpaired) electrons. The molecule has 18 heavy (non-hydrogen) atoms. The summed E-state index contributed by atoms with van der Waals surface area (Å²) < 4.78 is 2.06. The quantitative estimate of drug-likeness (QED) is 0.900. The topological polar surface area (TPSA) is 45.5 Å². The van der Waals surface area contributed by atoms with Crippen LogP contribution >= 0.6 is 0 Å². The lowest BCUT2D eigenvalue weighted by Crippen LogP contribution is -2.28. The highest BCUT2D eigenvalue weighted by atomic mass is 16.4. The van der Waals surface area contributed by atoms with Crippen LogP contribution in [0.4, 0.5) is 5.69 Å². The molecule has 4 heteroatoms. The molecule has 1 heterocycles. The number of para-hydroxylation sites is 1. The van der Waals surface area contributed by atoms with E-state index in [-0.39, 0.29) is 5.92 Å². The van der Waals surface area contributed by atoms with Crippen LogP contribution in [-0.4, -0.2) is 29.2 Å². The fourth-order valence-corrected chi connectivity index (χ4v) is 2.21. The number of aryl methyl sites for hydroxylation is 1. The maximum atomic E-state index is 10.9. The summed E-state index contributed by atoms with van der Waals surface area (Å²) in [5, 5.41) is 10.1. The van der Waals surface area contributed by atoms with E-state index in [1.165, 1.54) is 0 Å². The van der Waals surface area contributed by atoms with Crippen molar-refractivity contribution in [1.29, 1.82) is 0 Å². The number of benzene rings is 1. The molecule has 1 aromatic carbocycles. The van der Waals surface area contributed by atoms with E-state index in [4.69, 9.17) is 5.11 Å². The summed E-state index contributed by atoms with van der Waals surface area (Å²) in [7, 11) is 3.93. The van der Waals surface area contributed by atoms with Crippen LogP contribution in [0, 0.1) is 5.92 Å². The molecule has 0 aliphatic carbocycles. The molecule has 0 saturated heterocycles. The van der Waals surface area contributed by atoms with Gasteiger partial charge in [0.05, 0.1) is 11.6 Å². The Hall–Kier alpha value is -1.97. The van der Waals surface area contributed by atoms with Crippen LogP contribution in [0.3, 0.4) is 0 Å². The Labute approximate surface area is 106 Å². The molecular weight excluding hydrogens is 228 g/mol. The molecule has 0 aliphatic rings. The fraction of sp³-hybridized carbons (Fsp3) is 0.357. The Kier molecular flexibility index (Phi) is 3.28. The number of aromatic nitrogens is 1. The first-order valence-corrected chi connectivity index (χ1v) is 5.98. The molecule has 96 valence electrons. The number of carboxylic acids is 1. The lowest BCUT2D eigenvalue weighted by Gasteiger charge is -2.20. The number of nitrogens with zero attached hydrogens (tertiary/aromatic N) is 2. The molecule has 1 atom stereocenters. The minimum Gasteiger partial charge on any atom is -0.481 e. The summed E-state index contributed by atoms with van der Waals surface area (Å²) in [5.74, 6) is -1.14. The van der Waals surface area contributed by atoms with Gasteiger partial charge in [0, 0.05) is 37.7 Å². The number of rotatable bonds is 4. The maximum Gasteiger partial charge on any atom is 0.308 e. The fourth-order valence-electron chi connectivity index (χ4n) is 2.21. The highest BCUT2D eigenvalue weighted by molar-refractivity contribution is 5.93. The first kappa shape index (κ1) is 12.5. The zero-order valence-corrected chi connectivity index (χ0v) is 10.9. The van der Waals surface area contributed by atoms with E-state index in [0.29, 0.717) is 6.54 Å². The lowest BCUT2D eigenvalue weighted by molar-refractivity contribution is -0.140. The van der Waals surface area contributed by atoms with Gasteiger partial charge in [-0.3, -0.25) is 4.79 Å². The van der Waals surface area contributed by atoms with E-state index >= 15 is 0 Å². The van der Waals surface area contributed by atoms with Gasteiger partial charge in [-0.05, 0) is 6.07 Å². The first-order chi connectivity index (χ1) is 8.50. The number of anilines is 1. The molecule has 0 amide bonds. The van der Waals surface area contributed by atoms with Gasteiger partial charge >= 0.3 is 5.97 Å². The summed E-state index contributed by atoms with van der Waals surface area (Å²) >= 11 is 0. The third-order valence-electron chi connectivity index (χ3n) is 3.26. The molecule has 0 spiro atoms. The van der Waals surface area contributed by atoms with Gasteiger partial charge < -0.3 is 14.6 Å². The van der Waals surface area contributed by atoms with Crippen molar-refractivity contribution in [2.24, 2.45) is 13.0 Å². The molecule has 0 aliphatic heterocycles. The van der Waals surface area contributed by atoms with Gasteiger partial charge in [0.15, 0.2) is 0 Å². The minimum atomic E-state index is -0.762. The third-order valence-corrected chi connectivity index (χ3v) is 3.26. The average Bonchev–Trinajstić information content (AvgIpc) is 2.67. The first-order valence-electron chi connectivity index (χ1n) is 5.98. The molecule has 1 aromatic heterocycles. The van der Waals surface area contributed by atoms with Crippen molar-refractivity contribution < 1.29 is 9.90 Å². The predicted octanol–water partition coefficient (Wildman–Crippen LogP) is 2.34. The van der Waals surface area contributed by atoms with Gasteiger partial charge in [0.2, 0.25) is 0 Å². The van der Waals surface area contributed by atoms with Crippen LogP contribution in [0.1, 0.15) is 6.92 Å². The molecule has 0 bridgehead atoms. The molecule has 4 nitrogen and oxygen atoms in total. The molecule has 0 fully saturated rings. The van der Waals surface area contributed by atoms with Gasteiger partial charge in [-0.15, -0.1) is 0 Å². The Morgan fingerprint density at radius 2 is 2.11 bits per heavy atom. The summed E-state index contributed by atoms with van der Waals surface area (Å²) in [6.07, 6.45) is 2.04. The van der Waals surface area contributed by atoms with Crippen molar-refractivity contribution in [1.82, 2.24) is 4.57 Å².